The van der Waals surface area contributed by atoms with Gasteiger partial charge in [-0.05, 0) is 0 Å². The Hall–Kier alpha value is 4.97. The molecule has 0 fully saturated rings. The fraction of sp³-hybridized carbons (Fsp3) is 0. The van der Waals surface area contributed by atoms with Gasteiger partial charge in [-0.15, -0.1) is 0 Å². The molecule has 66 valence electrons. The van der Waals surface area contributed by atoms with Crippen molar-refractivity contribution in [1.82, 2.24) is 0 Å². The minimum atomic E-state index is 0. The summed E-state index contributed by atoms with van der Waals surface area (Å²) in [6, 6.07) is 0. The van der Waals surface area contributed by atoms with Crippen molar-refractivity contribution in [3.8, 4) is 0 Å². The van der Waals surface area contributed by atoms with E-state index in [1.807, 2.05) is 0 Å². The van der Waals surface area contributed by atoms with Crippen LogP contribution in [-0.2, 0) is 72.5 Å². The molecule has 0 bridgehead atoms. The first-order valence-corrected chi connectivity index (χ1v) is 0. The Morgan fingerprint density at radius 1 is 0.308 bits per heavy atom. The smallest absolute Gasteiger partial charge is 2.00 e. The van der Waals surface area contributed by atoms with Crippen molar-refractivity contribution >= 4 is 132 Å². The predicted molar refractivity (Wildman–Crippen MR) is 27.8 cm³/mol. The Kier molecular flexibility index (Phi) is 2830. The molecule has 7 nitrogen and oxygen atoms in total. The van der Waals surface area contributed by atoms with Crippen LogP contribution in [0.25, 0.3) is 0 Å². The second-order valence-electron chi connectivity index (χ2n) is 0. The zero-order valence-corrected chi connectivity index (χ0v) is 19.7. The minimum absolute atomic E-state index is 0. The summed E-state index contributed by atoms with van der Waals surface area (Å²) in [5, 5.41) is 0. The van der Waals surface area contributed by atoms with Gasteiger partial charge >= 0.3 is 167 Å². The van der Waals surface area contributed by atoms with E-state index in [1.165, 1.54) is 0 Å². The monoisotopic (exact) mass is 552 g/mol. The maximum Gasteiger partial charge on any atom is 3.00 e. The van der Waals surface area contributed by atoms with Gasteiger partial charge in [0.25, 0.3) is 0 Å². The first kappa shape index (κ1) is 210. The van der Waals surface area contributed by atoms with Crippen LogP contribution in [0, 0.1) is 0 Å². The molecule has 0 atom stereocenters. The van der Waals surface area contributed by atoms with E-state index in [0.29, 0.717) is 0 Å². The molecule has 0 rings (SSSR count). The summed E-state index contributed by atoms with van der Waals surface area (Å²) in [5.74, 6) is 0. The van der Waals surface area contributed by atoms with Crippen LogP contribution in [-0.4, -0.2) is 132 Å². The standard InChI is InChI=1S/2Al.2Ba.2Mn.7O/q2*+3;4*+2;7*-2. The molecule has 0 aliphatic heterocycles. The molecule has 13 heavy (non-hydrogen) atoms. The molecular formula is Al2Ba2Mn2O7. The van der Waals surface area contributed by atoms with Gasteiger partial charge in [0.15, 0.2) is 0 Å². The van der Waals surface area contributed by atoms with Crippen LogP contribution in [0.1, 0.15) is 0 Å². The molecule has 0 amide bonds. The summed E-state index contributed by atoms with van der Waals surface area (Å²) in [4.78, 5) is 0. The Morgan fingerprint density at radius 2 is 0.308 bits per heavy atom. The van der Waals surface area contributed by atoms with Crippen LogP contribution < -0.4 is 0 Å². The largest absolute Gasteiger partial charge is 3.00 e. The van der Waals surface area contributed by atoms with E-state index in [1.54, 1.807) is 0 Å². The van der Waals surface area contributed by atoms with E-state index in [4.69, 9.17) is 0 Å². The maximum absolute atomic E-state index is 0. The molecule has 0 aromatic rings. The Morgan fingerprint density at radius 3 is 0.308 bits per heavy atom. The number of rotatable bonds is 0. The zero-order valence-electron chi connectivity index (χ0n) is 6.18. The molecule has 2 radical (unpaired) electrons. The summed E-state index contributed by atoms with van der Waals surface area (Å²) < 4.78 is 0. The first-order valence-electron chi connectivity index (χ1n) is 0. The van der Waals surface area contributed by atoms with Crippen LogP contribution in [0.5, 0.6) is 0 Å². The van der Waals surface area contributed by atoms with Crippen molar-refractivity contribution in [1.29, 1.82) is 0 Å². The van der Waals surface area contributed by atoms with E-state index in [-0.39, 0.29) is 205 Å². The number of hydrogen-bond acceptors (Lipinski definition) is 0. The molecule has 13 heteroatoms. The molecule has 0 spiro atoms. The summed E-state index contributed by atoms with van der Waals surface area (Å²) in [7, 11) is 0. The average molecular weight is 550 g/mol. The third kappa shape index (κ3) is 154. The Labute approximate surface area is 200 Å². The maximum atomic E-state index is 0. The molecule has 0 aromatic heterocycles. The third-order valence-electron chi connectivity index (χ3n) is 0. The summed E-state index contributed by atoms with van der Waals surface area (Å²) in [5.41, 5.74) is 0. The van der Waals surface area contributed by atoms with Crippen molar-refractivity contribution in [3.63, 3.8) is 0 Å². The second kappa shape index (κ2) is 175. The van der Waals surface area contributed by atoms with Crippen molar-refractivity contribution in [2.24, 2.45) is 0 Å². The molecule has 0 saturated carbocycles. The van der Waals surface area contributed by atoms with Crippen LogP contribution in [0.4, 0.5) is 0 Å². The van der Waals surface area contributed by atoms with Gasteiger partial charge in [-0.1, -0.05) is 0 Å². The normalized spacial score (nSPS) is 0. The van der Waals surface area contributed by atoms with E-state index >= 15 is 0 Å². The summed E-state index contributed by atoms with van der Waals surface area (Å²) in [6.45, 7) is 0. The van der Waals surface area contributed by atoms with Crippen LogP contribution in [0.15, 0.2) is 0 Å². The second-order valence-corrected chi connectivity index (χ2v) is 0. The summed E-state index contributed by atoms with van der Waals surface area (Å²) >= 11 is 0. The van der Waals surface area contributed by atoms with Crippen LogP contribution >= 0.6 is 0 Å². The molecule has 0 aliphatic rings. The average Bonchev–Trinajstić information content (AvgIpc) is 0. The fourth-order valence-electron chi connectivity index (χ4n) is 0. The predicted octanol–water partition coefficient (Wildman–Crippen LogP) is -2.36. The van der Waals surface area contributed by atoms with E-state index in [2.05, 4.69) is 0 Å². The zero-order chi connectivity index (χ0) is 0. The molecular weight excluding hydrogens is 550 g/mol. The van der Waals surface area contributed by atoms with Gasteiger partial charge in [0, 0.05) is 0 Å². The van der Waals surface area contributed by atoms with Gasteiger partial charge in [0.2, 0.25) is 0 Å². The Bertz CT molecular complexity index is 22.5. The van der Waals surface area contributed by atoms with Gasteiger partial charge in [0.05, 0.1) is 0 Å². The van der Waals surface area contributed by atoms with E-state index in [0.717, 1.165) is 0 Å². The summed E-state index contributed by atoms with van der Waals surface area (Å²) in [6.07, 6.45) is 0. The van der Waals surface area contributed by atoms with Crippen LogP contribution in [0.3, 0.4) is 0 Å². The minimum Gasteiger partial charge on any atom is -2.00 e. The molecule has 0 saturated heterocycles. The molecule has 0 aliphatic carbocycles. The Balaban J connectivity index is 0. The van der Waals surface area contributed by atoms with Gasteiger partial charge in [-0.3, -0.25) is 0 Å². The van der Waals surface area contributed by atoms with Gasteiger partial charge in [-0.2, -0.15) is 0 Å². The number of hydrogen-bond donors (Lipinski definition) is 0. The van der Waals surface area contributed by atoms with Crippen molar-refractivity contribution in [2.45, 2.75) is 0 Å². The van der Waals surface area contributed by atoms with Crippen molar-refractivity contribution in [2.75, 3.05) is 0 Å². The SMILES string of the molecule is [Al+3].[Al+3].[Ba+2].[Ba+2].[Mn+2].[Mn+2].[O-2].[O-2].[O-2].[O-2].[O-2].[O-2].[O-2]. The van der Waals surface area contributed by atoms with Crippen molar-refractivity contribution < 1.29 is 72.5 Å². The molecule has 0 aromatic carbocycles. The first-order chi connectivity index (χ1) is 0. The fourth-order valence-corrected chi connectivity index (χ4v) is 0. The molecule has 0 heterocycles. The third-order valence-corrected chi connectivity index (χ3v) is 0. The topological polar surface area (TPSA) is 200 Å². The van der Waals surface area contributed by atoms with E-state index in [9.17, 15) is 0 Å². The van der Waals surface area contributed by atoms with Gasteiger partial charge in [0.1, 0.15) is 0 Å². The molecule has 0 unspecified atom stereocenters. The van der Waals surface area contributed by atoms with E-state index < -0.39 is 0 Å². The van der Waals surface area contributed by atoms with Gasteiger partial charge < -0.3 is 38.3 Å². The van der Waals surface area contributed by atoms with Gasteiger partial charge in [-0.25, -0.2) is 0 Å². The van der Waals surface area contributed by atoms with Crippen LogP contribution in [0.2, 0.25) is 0 Å². The quantitative estimate of drug-likeness (QED) is 0.291. The van der Waals surface area contributed by atoms with Crippen molar-refractivity contribution in [3.05, 3.63) is 0 Å². The molecule has 0 N–H and O–H groups in total.